The molecule has 2 rings (SSSR count). The zero-order valence-electron chi connectivity index (χ0n) is 12.5. The Bertz CT molecular complexity index is 484. The van der Waals surface area contributed by atoms with Crippen molar-refractivity contribution in [2.45, 2.75) is 19.1 Å². The molecule has 122 valence electrons. The lowest BCUT2D eigenvalue weighted by Crippen LogP contribution is -2.53. The average Bonchev–Trinajstić information content (AvgIpc) is 2.53. The molecule has 1 saturated heterocycles. The monoisotopic (exact) mass is 328 g/mol. The zero-order chi connectivity index (χ0) is 15.1. The first-order valence-electron chi connectivity index (χ1n) is 6.95. The smallest absolute Gasteiger partial charge is 0.410 e. The molecular weight excluding hydrogens is 308 g/mol. The van der Waals surface area contributed by atoms with Crippen LogP contribution >= 0.6 is 12.4 Å². The summed E-state index contributed by atoms with van der Waals surface area (Å²) in [5.41, 5.74) is 0.951. The van der Waals surface area contributed by atoms with Crippen LogP contribution in [-0.4, -0.2) is 49.7 Å². The van der Waals surface area contributed by atoms with Gasteiger partial charge in [-0.2, -0.15) is 0 Å². The van der Waals surface area contributed by atoms with E-state index in [0.29, 0.717) is 19.6 Å². The van der Waals surface area contributed by atoms with Crippen molar-refractivity contribution in [3.8, 4) is 0 Å². The van der Waals surface area contributed by atoms with Crippen molar-refractivity contribution in [2.75, 3.05) is 26.7 Å². The van der Waals surface area contributed by atoms with Gasteiger partial charge in [0.15, 0.2) is 0 Å². The topological polar surface area (TPSA) is 67.9 Å². The molecular formula is C15H21ClN2O4. The van der Waals surface area contributed by atoms with E-state index in [1.165, 1.54) is 7.11 Å². The summed E-state index contributed by atoms with van der Waals surface area (Å²) in [6.07, 6.45) is -0.103. The van der Waals surface area contributed by atoms with E-state index >= 15 is 0 Å². The molecule has 1 aliphatic heterocycles. The number of amides is 1. The Labute approximate surface area is 136 Å². The van der Waals surface area contributed by atoms with E-state index in [1.54, 1.807) is 4.90 Å². The summed E-state index contributed by atoms with van der Waals surface area (Å²) in [7, 11) is 1.36. The summed E-state index contributed by atoms with van der Waals surface area (Å²) in [6.45, 7) is 1.92. The Hall–Kier alpha value is -1.79. The third kappa shape index (κ3) is 5.54. The third-order valence-electron chi connectivity index (χ3n) is 3.36. The Balaban J connectivity index is 0.00000242. The molecule has 6 nitrogen and oxygen atoms in total. The van der Waals surface area contributed by atoms with Crippen molar-refractivity contribution >= 4 is 24.5 Å². The van der Waals surface area contributed by atoms with Gasteiger partial charge in [0.25, 0.3) is 0 Å². The van der Waals surface area contributed by atoms with E-state index in [4.69, 9.17) is 4.74 Å². The van der Waals surface area contributed by atoms with E-state index in [-0.39, 0.29) is 43.5 Å². The van der Waals surface area contributed by atoms with Gasteiger partial charge in [-0.25, -0.2) is 4.79 Å². The summed E-state index contributed by atoms with van der Waals surface area (Å²) in [5, 5.41) is 3.19. The number of halogens is 1. The maximum absolute atomic E-state index is 12.0. The Morgan fingerprint density at radius 2 is 2.05 bits per heavy atom. The van der Waals surface area contributed by atoms with Gasteiger partial charge >= 0.3 is 12.1 Å². The van der Waals surface area contributed by atoms with E-state index in [1.807, 2.05) is 30.3 Å². The number of benzene rings is 1. The molecule has 0 spiro atoms. The highest BCUT2D eigenvalue weighted by molar-refractivity contribution is 5.85. The lowest BCUT2D eigenvalue weighted by Gasteiger charge is -2.32. The number of nitrogens with zero attached hydrogens (tertiary/aromatic N) is 1. The molecule has 22 heavy (non-hydrogen) atoms. The first-order valence-corrected chi connectivity index (χ1v) is 6.95. The van der Waals surface area contributed by atoms with Gasteiger partial charge in [0.1, 0.15) is 6.61 Å². The summed E-state index contributed by atoms with van der Waals surface area (Å²) in [6, 6.07) is 9.45. The third-order valence-corrected chi connectivity index (χ3v) is 3.36. The standard InChI is InChI=1S/C15H20N2O4.ClH/c1-20-14(18)9-13-10-17(8-7-16-13)15(19)21-11-12-5-3-2-4-6-12;/h2-6,13,16H,7-11H2,1H3;1H. The number of esters is 1. The maximum atomic E-state index is 12.0. The van der Waals surface area contributed by atoms with E-state index in [0.717, 1.165) is 5.56 Å². The Morgan fingerprint density at radius 3 is 2.73 bits per heavy atom. The number of ether oxygens (including phenoxy) is 2. The zero-order valence-corrected chi connectivity index (χ0v) is 13.3. The van der Waals surface area contributed by atoms with Gasteiger partial charge in [0.2, 0.25) is 0 Å². The average molecular weight is 329 g/mol. The number of methoxy groups -OCH3 is 1. The summed E-state index contributed by atoms with van der Waals surface area (Å²) in [5.74, 6) is -0.285. The molecule has 1 aliphatic rings. The van der Waals surface area contributed by atoms with Crippen LogP contribution in [0, 0.1) is 0 Å². The van der Waals surface area contributed by atoms with Crippen molar-refractivity contribution in [3.63, 3.8) is 0 Å². The van der Waals surface area contributed by atoms with Gasteiger partial charge in [-0.15, -0.1) is 12.4 Å². The molecule has 1 aromatic rings. The molecule has 0 saturated carbocycles. The maximum Gasteiger partial charge on any atom is 0.410 e. The fraction of sp³-hybridized carbons (Fsp3) is 0.467. The predicted molar refractivity (Wildman–Crippen MR) is 83.9 cm³/mol. The highest BCUT2D eigenvalue weighted by Gasteiger charge is 2.26. The van der Waals surface area contributed by atoms with Crippen LogP contribution < -0.4 is 5.32 Å². The second-order valence-corrected chi connectivity index (χ2v) is 4.92. The summed E-state index contributed by atoms with van der Waals surface area (Å²) < 4.78 is 9.93. The van der Waals surface area contributed by atoms with Crippen molar-refractivity contribution in [2.24, 2.45) is 0 Å². The number of hydrogen-bond donors (Lipinski definition) is 1. The van der Waals surface area contributed by atoms with Crippen molar-refractivity contribution in [3.05, 3.63) is 35.9 Å². The highest BCUT2D eigenvalue weighted by atomic mass is 35.5. The molecule has 7 heteroatoms. The summed E-state index contributed by atoms with van der Waals surface area (Å²) in [4.78, 5) is 24.9. The molecule has 0 aromatic heterocycles. The highest BCUT2D eigenvalue weighted by Crippen LogP contribution is 2.08. The Morgan fingerprint density at radius 1 is 1.32 bits per heavy atom. The molecule has 1 N–H and O–H groups in total. The first-order chi connectivity index (χ1) is 10.2. The predicted octanol–water partition coefficient (Wildman–Crippen LogP) is 1.58. The number of hydrogen-bond acceptors (Lipinski definition) is 5. The molecule has 0 aliphatic carbocycles. The van der Waals surface area contributed by atoms with Gasteiger partial charge in [-0.3, -0.25) is 4.79 Å². The molecule has 1 unspecified atom stereocenters. The minimum atomic E-state index is -0.352. The lowest BCUT2D eigenvalue weighted by molar-refractivity contribution is -0.141. The van der Waals surface area contributed by atoms with Gasteiger partial charge < -0.3 is 19.7 Å². The van der Waals surface area contributed by atoms with Crippen molar-refractivity contribution in [1.82, 2.24) is 10.2 Å². The summed E-state index contributed by atoms with van der Waals surface area (Å²) >= 11 is 0. The lowest BCUT2D eigenvalue weighted by atomic mass is 10.1. The van der Waals surface area contributed by atoms with Crippen LogP contribution in [0.25, 0.3) is 0 Å². The number of rotatable bonds is 4. The fourth-order valence-corrected chi connectivity index (χ4v) is 2.22. The van der Waals surface area contributed by atoms with Crippen LogP contribution in [0.2, 0.25) is 0 Å². The van der Waals surface area contributed by atoms with Crippen LogP contribution in [0.3, 0.4) is 0 Å². The molecule has 1 amide bonds. The van der Waals surface area contributed by atoms with Gasteiger partial charge in [-0.05, 0) is 5.56 Å². The van der Waals surface area contributed by atoms with Gasteiger partial charge in [0, 0.05) is 25.7 Å². The van der Waals surface area contributed by atoms with E-state index in [2.05, 4.69) is 10.1 Å². The number of carbonyl (C=O) groups excluding carboxylic acids is 2. The second-order valence-electron chi connectivity index (χ2n) is 4.92. The normalized spacial score (nSPS) is 17.3. The van der Waals surface area contributed by atoms with Crippen molar-refractivity contribution in [1.29, 1.82) is 0 Å². The second kappa shape index (κ2) is 9.27. The molecule has 0 bridgehead atoms. The molecule has 1 aromatic carbocycles. The molecule has 1 fully saturated rings. The molecule has 0 radical (unpaired) electrons. The number of carbonyl (C=O) groups is 2. The van der Waals surface area contributed by atoms with Crippen LogP contribution in [0.5, 0.6) is 0 Å². The van der Waals surface area contributed by atoms with Gasteiger partial charge in [-0.1, -0.05) is 30.3 Å². The minimum absolute atomic E-state index is 0. The largest absolute Gasteiger partial charge is 0.469 e. The number of nitrogens with one attached hydrogen (secondary N) is 1. The quantitative estimate of drug-likeness (QED) is 0.850. The van der Waals surface area contributed by atoms with E-state index < -0.39 is 0 Å². The van der Waals surface area contributed by atoms with Crippen LogP contribution in [0.15, 0.2) is 30.3 Å². The molecule has 1 heterocycles. The SMILES string of the molecule is COC(=O)CC1CN(C(=O)OCc2ccccc2)CCN1.Cl. The van der Waals surface area contributed by atoms with Crippen molar-refractivity contribution < 1.29 is 19.1 Å². The first kappa shape index (κ1) is 18.3. The van der Waals surface area contributed by atoms with Crippen LogP contribution in [0.1, 0.15) is 12.0 Å². The van der Waals surface area contributed by atoms with E-state index in [9.17, 15) is 9.59 Å². The fourth-order valence-electron chi connectivity index (χ4n) is 2.22. The van der Waals surface area contributed by atoms with Crippen LogP contribution in [-0.2, 0) is 20.9 Å². The van der Waals surface area contributed by atoms with Gasteiger partial charge in [0.05, 0.1) is 13.5 Å². The Kier molecular flexibility index (Phi) is 7.70. The molecule has 1 atom stereocenters. The number of piperazine rings is 1. The minimum Gasteiger partial charge on any atom is -0.469 e. The van der Waals surface area contributed by atoms with Crippen LogP contribution in [0.4, 0.5) is 4.79 Å².